The predicted octanol–water partition coefficient (Wildman–Crippen LogP) is 0.449. The second-order valence-corrected chi connectivity index (χ2v) is 9.14. The molecule has 0 spiro atoms. The van der Waals surface area contributed by atoms with Gasteiger partial charge >= 0.3 is 0 Å². The minimum absolute atomic E-state index is 0.161. The molecule has 1 saturated heterocycles. The third-order valence-corrected chi connectivity index (χ3v) is 6.39. The maximum absolute atomic E-state index is 14.8. The Morgan fingerprint density at radius 2 is 1.98 bits per heavy atom. The Balaban J connectivity index is 1.07. The van der Waals surface area contributed by atoms with Crippen molar-refractivity contribution in [2.75, 3.05) is 82.0 Å². The summed E-state index contributed by atoms with van der Waals surface area (Å²) in [5, 5.41) is 13.1. The molecule has 0 unspecified atom stereocenters. The smallest absolute Gasteiger partial charge is 0.259 e. The number of aromatic nitrogens is 5. The first-order chi connectivity index (χ1) is 19.5. The maximum Gasteiger partial charge on any atom is 0.259 e. The zero-order valence-corrected chi connectivity index (χ0v) is 22.1. The van der Waals surface area contributed by atoms with Crippen LogP contribution in [0.1, 0.15) is 0 Å². The Morgan fingerprint density at radius 1 is 1.12 bits per heavy atom. The fourth-order valence-corrected chi connectivity index (χ4v) is 4.29. The van der Waals surface area contributed by atoms with Crippen LogP contribution in [0.2, 0.25) is 0 Å². The van der Waals surface area contributed by atoms with Crippen molar-refractivity contribution in [1.29, 1.82) is 0 Å². The second-order valence-electron chi connectivity index (χ2n) is 9.14. The summed E-state index contributed by atoms with van der Waals surface area (Å²) in [5.41, 5.74) is 6.56. The van der Waals surface area contributed by atoms with Crippen molar-refractivity contribution in [3.05, 3.63) is 42.4 Å². The average molecular weight is 554 g/mol. The molecule has 1 aliphatic rings. The fourth-order valence-electron chi connectivity index (χ4n) is 4.29. The molecule has 1 aliphatic heterocycles. The van der Waals surface area contributed by atoms with Gasteiger partial charge in [-0.3, -0.25) is 9.69 Å². The van der Waals surface area contributed by atoms with E-state index in [0.717, 1.165) is 19.6 Å². The largest absolute Gasteiger partial charge is 0.484 e. The molecule has 5 rings (SSSR count). The van der Waals surface area contributed by atoms with Crippen molar-refractivity contribution in [2.24, 2.45) is 0 Å². The van der Waals surface area contributed by atoms with E-state index in [1.807, 2.05) is 4.90 Å². The fraction of sp³-hybridized carbons (Fsp3) is 0.400. The third-order valence-electron chi connectivity index (χ3n) is 6.39. The number of rotatable bonds is 12. The van der Waals surface area contributed by atoms with Crippen LogP contribution < -0.4 is 31.3 Å². The van der Waals surface area contributed by atoms with Crippen molar-refractivity contribution in [1.82, 2.24) is 40.1 Å². The number of ether oxygens (including phenoxy) is 1. The molecule has 0 aliphatic carbocycles. The molecule has 1 amide bonds. The van der Waals surface area contributed by atoms with Crippen LogP contribution in [-0.4, -0.2) is 101 Å². The van der Waals surface area contributed by atoms with Crippen LogP contribution in [0, 0.1) is 5.82 Å². The minimum atomic E-state index is -0.378. The minimum Gasteiger partial charge on any atom is -0.484 e. The van der Waals surface area contributed by atoms with Crippen molar-refractivity contribution in [3.63, 3.8) is 0 Å². The van der Waals surface area contributed by atoms with Gasteiger partial charge in [-0.05, 0) is 31.3 Å². The number of nitrogens with two attached hydrogens (primary N) is 1. The summed E-state index contributed by atoms with van der Waals surface area (Å²) < 4.78 is 27.0. The third kappa shape index (κ3) is 6.55. The number of nitrogen functional groups attached to an aromatic ring is 1. The molecule has 0 radical (unpaired) electrons. The number of hydrogen-bond acceptors (Lipinski definition) is 12. The number of nitrogens with zero attached hydrogens (tertiary/aromatic N) is 7. The summed E-state index contributed by atoms with van der Waals surface area (Å²) >= 11 is 0. The van der Waals surface area contributed by atoms with Crippen molar-refractivity contribution in [2.45, 2.75) is 0 Å². The van der Waals surface area contributed by atoms with Gasteiger partial charge in [-0.25, -0.2) is 4.39 Å². The molecule has 0 atom stereocenters. The summed E-state index contributed by atoms with van der Waals surface area (Å²) in [6, 6.07) is 8.21. The highest BCUT2D eigenvalue weighted by Crippen LogP contribution is 2.25. The van der Waals surface area contributed by atoms with E-state index in [0.29, 0.717) is 67.5 Å². The lowest BCUT2D eigenvalue weighted by atomic mass is 10.2. The van der Waals surface area contributed by atoms with Gasteiger partial charge in [0.2, 0.25) is 17.7 Å². The Bertz CT molecular complexity index is 1420. The number of carbonyl (C=O) groups excluding carboxylic acids is 1. The van der Waals surface area contributed by atoms with Crippen LogP contribution >= 0.6 is 0 Å². The van der Waals surface area contributed by atoms with Gasteiger partial charge in [0.15, 0.2) is 12.4 Å². The monoisotopic (exact) mass is 553 g/mol. The number of piperazine rings is 1. The normalized spacial score (nSPS) is 14.0. The first-order valence-corrected chi connectivity index (χ1v) is 13.0. The topological polar surface area (TPSA) is 164 Å². The standard InChI is InChI=1S/C25H32FN11O3/c1-28-6-7-29-21(38)16-40-17-4-5-19(18(26)15-17)36-12-10-35(11-13-36)9-8-30-24-32-23(27)37-25(33-24)31-22(34-37)20-3-2-14-39-20/h2-5,14-15,28H,6-13,16H2,1H3,(H,29,38)(H3,27,30,31,32,33,34). The van der Waals surface area contributed by atoms with Gasteiger partial charge in [-0.15, -0.1) is 5.10 Å². The quantitative estimate of drug-likeness (QED) is 0.179. The van der Waals surface area contributed by atoms with E-state index < -0.39 is 0 Å². The zero-order chi connectivity index (χ0) is 27.9. The molecule has 3 aromatic heterocycles. The molecular weight excluding hydrogens is 521 g/mol. The molecule has 0 bridgehead atoms. The lowest BCUT2D eigenvalue weighted by molar-refractivity contribution is -0.123. The molecule has 40 heavy (non-hydrogen) atoms. The summed E-state index contributed by atoms with van der Waals surface area (Å²) in [6.45, 7) is 5.24. The van der Waals surface area contributed by atoms with Crippen LogP contribution in [0.15, 0.2) is 41.0 Å². The van der Waals surface area contributed by atoms with E-state index in [2.05, 4.69) is 40.9 Å². The molecule has 14 nitrogen and oxygen atoms in total. The number of nitrogens with one attached hydrogen (secondary N) is 3. The summed E-state index contributed by atoms with van der Waals surface area (Å²) in [7, 11) is 1.80. The number of carbonyl (C=O) groups is 1. The molecule has 1 aromatic carbocycles. The van der Waals surface area contributed by atoms with Gasteiger partial charge in [0.25, 0.3) is 11.7 Å². The molecule has 4 heterocycles. The van der Waals surface area contributed by atoms with E-state index >= 15 is 0 Å². The van der Waals surface area contributed by atoms with Crippen molar-refractivity contribution in [3.8, 4) is 17.3 Å². The van der Waals surface area contributed by atoms with Gasteiger partial charge in [0.05, 0.1) is 12.0 Å². The van der Waals surface area contributed by atoms with Gasteiger partial charge in [-0.1, -0.05) is 0 Å². The van der Waals surface area contributed by atoms with Crippen LogP contribution in [0.4, 0.5) is 22.0 Å². The van der Waals surface area contributed by atoms with Crippen molar-refractivity contribution >= 4 is 29.3 Å². The van der Waals surface area contributed by atoms with E-state index in [1.165, 1.54) is 10.6 Å². The highest BCUT2D eigenvalue weighted by atomic mass is 19.1. The first-order valence-electron chi connectivity index (χ1n) is 13.0. The molecular formula is C25H32FN11O3. The van der Waals surface area contributed by atoms with Gasteiger partial charge < -0.3 is 35.7 Å². The van der Waals surface area contributed by atoms with Crippen molar-refractivity contribution < 1.29 is 18.3 Å². The zero-order valence-electron chi connectivity index (χ0n) is 22.1. The van der Waals surface area contributed by atoms with Crippen LogP contribution in [-0.2, 0) is 4.79 Å². The summed E-state index contributed by atoms with van der Waals surface area (Å²) in [5.74, 6) is 1.43. The van der Waals surface area contributed by atoms with Gasteiger partial charge in [0, 0.05) is 58.4 Å². The number of fused-ring (bicyclic) bond motifs is 1. The first kappa shape index (κ1) is 27.1. The lowest BCUT2D eigenvalue weighted by Gasteiger charge is -2.36. The SMILES string of the molecule is CNCCNC(=O)COc1ccc(N2CCN(CCNc3nc(N)n4nc(-c5ccco5)nc4n3)CC2)c(F)c1. The Morgan fingerprint density at radius 3 is 2.73 bits per heavy atom. The van der Waals surface area contributed by atoms with Gasteiger partial charge in [-0.2, -0.15) is 19.5 Å². The predicted molar refractivity (Wildman–Crippen MR) is 147 cm³/mol. The molecule has 4 aromatic rings. The number of benzene rings is 1. The summed E-state index contributed by atoms with van der Waals surface area (Å²) in [4.78, 5) is 29.1. The number of halogens is 1. The number of furan rings is 1. The highest BCUT2D eigenvalue weighted by Gasteiger charge is 2.20. The second kappa shape index (κ2) is 12.6. The molecule has 1 fully saturated rings. The number of amides is 1. The average Bonchev–Trinajstić information content (AvgIpc) is 3.63. The number of anilines is 3. The van der Waals surface area contributed by atoms with Gasteiger partial charge in [0.1, 0.15) is 11.6 Å². The van der Waals surface area contributed by atoms with E-state index in [-0.39, 0.29) is 24.3 Å². The van der Waals surface area contributed by atoms with E-state index in [4.69, 9.17) is 14.9 Å². The lowest BCUT2D eigenvalue weighted by Crippen LogP contribution is -2.48. The molecule has 15 heteroatoms. The van der Waals surface area contributed by atoms with Crippen LogP contribution in [0.5, 0.6) is 5.75 Å². The Labute approximate surface area is 229 Å². The van der Waals surface area contributed by atoms with Crippen LogP contribution in [0.3, 0.4) is 0 Å². The summed E-state index contributed by atoms with van der Waals surface area (Å²) in [6.07, 6.45) is 1.54. The van der Waals surface area contributed by atoms with Crippen LogP contribution in [0.25, 0.3) is 17.4 Å². The Kier molecular flexibility index (Phi) is 8.51. The molecule has 5 N–H and O–H groups in total. The number of hydrogen-bond donors (Lipinski definition) is 4. The Hall–Kier alpha value is -4.50. The molecule has 212 valence electrons. The number of likely N-dealkylation sites (N-methyl/N-ethyl adjacent to an activating group) is 1. The van der Waals surface area contributed by atoms with E-state index in [1.54, 1.807) is 37.6 Å². The van der Waals surface area contributed by atoms with E-state index in [9.17, 15) is 9.18 Å². The maximum atomic E-state index is 14.8. The molecule has 0 saturated carbocycles. The highest BCUT2D eigenvalue weighted by molar-refractivity contribution is 5.77.